The summed E-state index contributed by atoms with van der Waals surface area (Å²) < 4.78 is 32.2. The zero-order valence-electron chi connectivity index (χ0n) is 38.1. The van der Waals surface area contributed by atoms with E-state index in [0.29, 0.717) is 22.7 Å². The molecule has 4 bridgehead atoms. The SMILES string of the molecule is CC(C)c1ccc(-c2cccc3[cH-]c(CC45CCC(CC4)C5)cc23)cc1.CC(C)c1ccc(-c2cccc3[cH-]c(CC45CCC(CC4)C5)cc23)cc1.Cl.Cl.[CH2-]CC(F)(F)F.[CH3-].[Si]=[Zr]. The Kier molecular flexibility index (Phi) is 19.3. The molecule has 63 heavy (non-hydrogen) atoms. The van der Waals surface area contributed by atoms with Crippen molar-refractivity contribution in [1.29, 1.82) is 0 Å². The third-order valence-electron chi connectivity index (χ3n) is 14.6. The van der Waals surface area contributed by atoms with Crippen molar-refractivity contribution in [3.63, 3.8) is 0 Å². The van der Waals surface area contributed by atoms with E-state index in [4.69, 9.17) is 0 Å². The number of halogens is 5. The fourth-order valence-electron chi connectivity index (χ4n) is 11.4. The van der Waals surface area contributed by atoms with Crippen molar-refractivity contribution >= 4 is 53.2 Å². The molecule has 6 aromatic carbocycles. The van der Waals surface area contributed by atoms with Gasteiger partial charge in [-0.25, -0.2) is 0 Å². The molecular formula is C56H67Cl2F3SiZr-4. The number of hydrogen-bond donors (Lipinski definition) is 0. The minimum absolute atomic E-state index is 0. The van der Waals surface area contributed by atoms with E-state index in [1.165, 1.54) is 155 Å². The van der Waals surface area contributed by atoms with Crippen LogP contribution in [0, 0.1) is 37.0 Å². The molecule has 0 saturated heterocycles. The second-order valence-electron chi connectivity index (χ2n) is 19.4. The van der Waals surface area contributed by atoms with E-state index in [1.807, 2.05) is 0 Å². The number of fused-ring (bicyclic) bond motifs is 6. The standard InChI is InChI=1S/2C26H29.C3H4F3.CH3.2ClH.Si.Zr/c2*1-18(2)21-6-8-22(9-7-21)24-5-3-4-23-14-20(15-25(23)24)17-26-12-10-19(16-26)11-13-26;1-2-3(4,5)6;;;;;/h2*3-9,14-15,18-19H,10-13,16-17H2,1-2H3;1-2H2;1H3;2*1H;;/q4*-1;;;;. The van der Waals surface area contributed by atoms with Gasteiger partial charge in [-0.05, 0) is 134 Å². The average molecular weight is 987 g/mol. The van der Waals surface area contributed by atoms with Crippen LogP contribution in [-0.2, 0) is 36.2 Å². The first-order valence-electron chi connectivity index (χ1n) is 22.5. The number of alkyl halides is 3. The molecule has 0 atom stereocenters. The predicted octanol–water partition coefficient (Wildman–Crippen LogP) is 17.6. The molecule has 10 rings (SSSR count). The van der Waals surface area contributed by atoms with E-state index in [9.17, 15) is 13.2 Å². The summed E-state index contributed by atoms with van der Waals surface area (Å²) in [6.07, 6.45) is 12.3. The Labute approximate surface area is 406 Å². The average Bonchev–Trinajstić information content (AvgIpc) is 4.13. The molecular weight excluding hydrogens is 920 g/mol. The molecule has 2 radical (unpaired) electrons. The van der Waals surface area contributed by atoms with Crippen LogP contribution >= 0.6 is 24.8 Å². The van der Waals surface area contributed by atoms with Gasteiger partial charge in [-0.3, -0.25) is 0 Å². The molecule has 4 fully saturated rings. The van der Waals surface area contributed by atoms with Gasteiger partial charge in [-0.15, -0.1) is 93.9 Å². The molecule has 0 nitrogen and oxygen atoms in total. The first kappa shape index (κ1) is 53.2. The summed E-state index contributed by atoms with van der Waals surface area (Å²) in [5.41, 5.74) is 12.7. The van der Waals surface area contributed by atoms with Crippen LogP contribution in [0.2, 0.25) is 0 Å². The third kappa shape index (κ3) is 12.7. The van der Waals surface area contributed by atoms with Crippen LogP contribution in [0.15, 0.2) is 109 Å². The second kappa shape index (κ2) is 22.8. The Morgan fingerprint density at radius 1 is 0.619 bits per heavy atom. The summed E-state index contributed by atoms with van der Waals surface area (Å²) >= 11 is 1.36. The Balaban J connectivity index is 0.000000228. The van der Waals surface area contributed by atoms with Gasteiger partial charge in [0.25, 0.3) is 0 Å². The monoisotopic (exact) mass is 984 g/mol. The van der Waals surface area contributed by atoms with Crippen molar-refractivity contribution in [2.75, 3.05) is 0 Å². The summed E-state index contributed by atoms with van der Waals surface area (Å²) in [7, 11) is 0. The molecule has 4 aliphatic rings. The van der Waals surface area contributed by atoms with Crippen LogP contribution in [0.4, 0.5) is 13.2 Å². The Morgan fingerprint density at radius 2 is 0.952 bits per heavy atom. The fraction of sp³-hybridized carbons (Fsp3) is 0.429. The molecule has 0 aromatic heterocycles. The van der Waals surface area contributed by atoms with Crippen molar-refractivity contribution in [2.24, 2.45) is 22.7 Å². The fourth-order valence-corrected chi connectivity index (χ4v) is 11.4. The van der Waals surface area contributed by atoms with Crippen LogP contribution in [-0.4, -0.2) is 13.1 Å². The first-order chi connectivity index (χ1) is 28.8. The maximum atomic E-state index is 10.7. The van der Waals surface area contributed by atoms with Gasteiger partial charge in [0, 0.05) is 0 Å². The molecule has 0 aliphatic heterocycles. The molecule has 4 aliphatic carbocycles. The predicted molar refractivity (Wildman–Crippen MR) is 266 cm³/mol. The quantitative estimate of drug-likeness (QED) is 0.105. The van der Waals surface area contributed by atoms with Gasteiger partial charge >= 0.3 is 36.4 Å². The van der Waals surface area contributed by atoms with Crippen molar-refractivity contribution in [3.8, 4) is 22.3 Å². The van der Waals surface area contributed by atoms with Gasteiger partial charge in [0.2, 0.25) is 0 Å². The molecule has 6 aromatic rings. The van der Waals surface area contributed by atoms with Gasteiger partial charge in [-0.1, -0.05) is 106 Å². The van der Waals surface area contributed by atoms with Crippen molar-refractivity contribution in [1.82, 2.24) is 0 Å². The Hall–Kier alpha value is -2.43. The van der Waals surface area contributed by atoms with E-state index in [-0.39, 0.29) is 32.2 Å². The van der Waals surface area contributed by atoms with Crippen molar-refractivity contribution < 1.29 is 36.5 Å². The number of hydrogen-bond acceptors (Lipinski definition) is 0. The van der Waals surface area contributed by atoms with E-state index >= 15 is 0 Å². The van der Waals surface area contributed by atoms with E-state index in [0.717, 1.165) is 11.8 Å². The molecule has 0 heterocycles. The number of rotatable bonds is 8. The van der Waals surface area contributed by atoms with E-state index in [2.05, 4.69) is 151 Å². The van der Waals surface area contributed by atoms with Gasteiger partial charge < -0.3 is 14.4 Å². The van der Waals surface area contributed by atoms with Crippen molar-refractivity contribution in [3.05, 3.63) is 146 Å². The maximum absolute atomic E-state index is 10.7. The first-order valence-corrected chi connectivity index (χ1v) is 26.7. The third-order valence-corrected chi connectivity index (χ3v) is 14.6. The molecule has 0 unspecified atom stereocenters. The summed E-state index contributed by atoms with van der Waals surface area (Å²) in [5.74, 6) is 3.25. The van der Waals surface area contributed by atoms with Crippen LogP contribution in [0.1, 0.15) is 132 Å². The van der Waals surface area contributed by atoms with Gasteiger partial charge in [0.05, 0.1) is 0 Å². The molecule has 4 saturated carbocycles. The van der Waals surface area contributed by atoms with E-state index in [1.54, 1.807) is 11.1 Å². The summed E-state index contributed by atoms with van der Waals surface area (Å²) in [6, 6.07) is 41.8. The molecule has 0 N–H and O–H groups in total. The van der Waals surface area contributed by atoms with Crippen LogP contribution < -0.4 is 0 Å². The molecule has 0 amide bonds. The summed E-state index contributed by atoms with van der Waals surface area (Å²) in [4.78, 5) is 0. The zero-order chi connectivity index (χ0) is 42.7. The van der Waals surface area contributed by atoms with Gasteiger partial charge in [-0.2, -0.15) is 25.3 Å². The zero-order valence-corrected chi connectivity index (χ0v) is 43.1. The summed E-state index contributed by atoms with van der Waals surface area (Å²) in [5, 5.41) is 5.69. The van der Waals surface area contributed by atoms with Crippen LogP contribution in [0.5, 0.6) is 0 Å². The van der Waals surface area contributed by atoms with Gasteiger partial charge in [0.15, 0.2) is 0 Å². The Morgan fingerprint density at radius 3 is 1.22 bits per heavy atom. The van der Waals surface area contributed by atoms with Crippen molar-refractivity contribution in [2.45, 2.75) is 129 Å². The molecule has 0 spiro atoms. The van der Waals surface area contributed by atoms with Crippen LogP contribution in [0.25, 0.3) is 43.8 Å². The molecule has 7 heteroatoms. The molecule has 338 valence electrons. The van der Waals surface area contributed by atoms with Gasteiger partial charge in [0.1, 0.15) is 0 Å². The normalized spacial score (nSPS) is 21.7. The van der Waals surface area contributed by atoms with E-state index < -0.39 is 12.6 Å². The number of benzene rings is 4. The summed E-state index contributed by atoms with van der Waals surface area (Å²) in [6.45, 7) is 14.7. The van der Waals surface area contributed by atoms with Crippen LogP contribution in [0.3, 0.4) is 0 Å². The second-order valence-corrected chi connectivity index (χ2v) is 19.4. The minimum atomic E-state index is -4.07. The Bertz CT molecular complexity index is 2160. The topological polar surface area (TPSA) is 0 Å².